The first-order chi connectivity index (χ1) is 7.83. The van der Waals surface area contributed by atoms with Crippen molar-refractivity contribution in [2.75, 3.05) is 6.54 Å². The molecule has 0 fully saturated rings. The summed E-state index contributed by atoms with van der Waals surface area (Å²) < 4.78 is 1.82. The fourth-order valence-electron chi connectivity index (χ4n) is 1.68. The third kappa shape index (κ3) is 2.09. The number of benzene rings is 1. The first kappa shape index (κ1) is 10.8. The van der Waals surface area contributed by atoms with Crippen LogP contribution in [-0.4, -0.2) is 26.8 Å². The lowest BCUT2D eigenvalue weighted by Gasteiger charge is -2.13. The fraction of sp³-hybridized carbons (Fsp3) is 0.364. The molecular weight excluding hydrogens is 202 g/mol. The summed E-state index contributed by atoms with van der Waals surface area (Å²) in [6.07, 6.45) is 0.699. The van der Waals surface area contributed by atoms with Gasteiger partial charge >= 0.3 is 0 Å². The van der Waals surface area contributed by atoms with E-state index in [0.29, 0.717) is 13.0 Å². The molecule has 1 aromatic carbocycles. The maximum absolute atomic E-state index is 5.52. The molecule has 1 unspecified atom stereocenters. The average molecular weight is 217 g/mol. The Bertz CT molecular complexity index is 437. The van der Waals surface area contributed by atoms with Crippen molar-refractivity contribution in [3.05, 3.63) is 41.7 Å². The highest BCUT2D eigenvalue weighted by Crippen LogP contribution is 2.16. The molecule has 2 N–H and O–H groups in total. The Morgan fingerprint density at radius 2 is 2.06 bits per heavy atom. The van der Waals surface area contributed by atoms with Crippen LogP contribution in [0.25, 0.3) is 0 Å². The van der Waals surface area contributed by atoms with Crippen molar-refractivity contribution in [3.8, 4) is 0 Å². The van der Waals surface area contributed by atoms with E-state index in [9.17, 15) is 0 Å². The Labute approximate surface area is 94.3 Å². The van der Waals surface area contributed by atoms with Crippen molar-refractivity contribution in [1.29, 1.82) is 0 Å². The van der Waals surface area contributed by atoms with Crippen molar-refractivity contribution >= 4 is 0 Å². The number of nitrogens with two attached hydrogens (primary N) is 1. The van der Waals surface area contributed by atoms with Gasteiger partial charge in [0.05, 0.1) is 6.04 Å². The molecular formula is C11H15N5. The predicted molar refractivity (Wildman–Crippen MR) is 60.8 cm³/mol. The van der Waals surface area contributed by atoms with Crippen LogP contribution in [0.3, 0.4) is 0 Å². The van der Waals surface area contributed by atoms with Gasteiger partial charge in [0.2, 0.25) is 0 Å². The number of nitrogens with zero attached hydrogens (tertiary/aromatic N) is 4. The van der Waals surface area contributed by atoms with E-state index >= 15 is 0 Å². The number of rotatable bonds is 4. The molecule has 16 heavy (non-hydrogen) atoms. The van der Waals surface area contributed by atoms with Crippen LogP contribution in [0.4, 0.5) is 0 Å². The molecule has 2 aromatic rings. The van der Waals surface area contributed by atoms with E-state index in [-0.39, 0.29) is 6.04 Å². The molecule has 0 aliphatic heterocycles. The van der Waals surface area contributed by atoms with Crippen LogP contribution in [0.1, 0.15) is 24.4 Å². The summed E-state index contributed by atoms with van der Waals surface area (Å²) in [7, 11) is 0. The summed E-state index contributed by atoms with van der Waals surface area (Å²) in [6.45, 7) is 2.63. The molecule has 84 valence electrons. The first-order valence-corrected chi connectivity index (χ1v) is 5.34. The van der Waals surface area contributed by atoms with Gasteiger partial charge in [-0.3, -0.25) is 0 Å². The third-order valence-electron chi connectivity index (χ3n) is 2.58. The number of tetrazole rings is 1. The number of hydrogen-bond acceptors (Lipinski definition) is 4. The Morgan fingerprint density at radius 1 is 1.31 bits per heavy atom. The van der Waals surface area contributed by atoms with Crippen LogP contribution >= 0.6 is 0 Å². The highest BCUT2D eigenvalue weighted by Gasteiger charge is 2.13. The van der Waals surface area contributed by atoms with Crippen molar-refractivity contribution in [2.45, 2.75) is 19.4 Å². The summed E-state index contributed by atoms with van der Waals surface area (Å²) in [5.41, 5.74) is 6.71. The van der Waals surface area contributed by atoms with Gasteiger partial charge < -0.3 is 5.73 Å². The fourth-order valence-corrected chi connectivity index (χ4v) is 1.68. The van der Waals surface area contributed by atoms with Crippen LogP contribution in [0.2, 0.25) is 0 Å². The highest BCUT2D eigenvalue weighted by molar-refractivity contribution is 5.19. The summed E-state index contributed by atoms with van der Waals surface area (Å²) in [6, 6.07) is 10.3. The van der Waals surface area contributed by atoms with Crippen molar-refractivity contribution in [3.63, 3.8) is 0 Å². The molecule has 0 saturated carbocycles. The first-order valence-electron chi connectivity index (χ1n) is 5.34. The Kier molecular flexibility index (Phi) is 3.26. The molecule has 5 heteroatoms. The standard InChI is InChI=1S/C11H15N5/c1-9(10-5-3-2-4-6-10)16-11(7-8-12)13-14-15-16/h2-6,9H,7-8,12H2,1H3. The van der Waals surface area contributed by atoms with Crippen LogP contribution in [0.5, 0.6) is 0 Å². The zero-order valence-electron chi connectivity index (χ0n) is 9.24. The van der Waals surface area contributed by atoms with E-state index in [1.807, 2.05) is 22.9 Å². The second-order valence-electron chi connectivity index (χ2n) is 3.67. The molecule has 0 aliphatic rings. The molecule has 1 atom stereocenters. The molecule has 2 rings (SSSR count). The zero-order valence-corrected chi connectivity index (χ0v) is 9.24. The second-order valence-corrected chi connectivity index (χ2v) is 3.67. The lowest BCUT2D eigenvalue weighted by molar-refractivity contribution is 0.520. The Balaban J connectivity index is 2.27. The quantitative estimate of drug-likeness (QED) is 0.821. The summed E-state index contributed by atoms with van der Waals surface area (Å²) in [4.78, 5) is 0. The molecule has 0 aliphatic carbocycles. The van der Waals surface area contributed by atoms with Crippen molar-refractivity contribution in [1.82, 2.24) is 20.2 Å². The van der Waals surface area contributed by atoms with Gasteiger partial charge in [0.1, 0.15) is 0 Å². The van der Waals surface area contributed by atoms with E-state index in [0.717, 1.165) is 5.82 Å². The van der Waals surface area contributed by atoms with Gasteiger partial charge in [0.25, 0.3) is 0 Å². The van der Waals surface area contributed by atoms with E-state index in [4.69, 9.17) is 5.73 Å². The summed E-state index contributed by atoms with van der Waals surface area (Å²) in [5, 5.41) is 11.7. The molecule has 0 saturated heterocycles. The molecule has 0 amide bonds. The van der Waals surface area contributed by atoms with E-state index in [1.54, 1.807) is 0 Å². The summed E-state index contributed by atoms with van der Waals surface area (Å²) in [5.74, 6) is 0.832. The molecule has 0 radical (unpaired) electrons. The lowest BCUT2D eigenvalue weighted by Crippen LogP contribution is -2.15. The SMILES string of the molecule is CC(c1ccccc1)n1nnnc1CCN. The zero-order chi connectivity index (χ0) is 11.4. The number of aromatic nitrogens is 4. The Hall–Kier alpha value is -1.75. The van der Waals surface area contributed by atoms with Crippen molar-refractivity contribution < 1.29 is 0 Å². The topological polar surface area (TPSA) is 69.6 Å². The van der Waals surface area contributed by atoms with Gasteiger partial charge in [-0.25, -0.2) is 4.68 Å². The van der Waals surface area contributed by atoms with Gasteiger partial charge in [-0.15, -0.1) is 5.10 Å². The minimum atomic E-state index is 0.137. The largest absolute Gasteiger partial charge is 0.330 e. The monoisotopic (exact) mass is 217 g/mol. The van der Waals surface area contributed by atoms with Gasteiger partial charge in [0, 0.05) is 6.42 Å². The van der Waals surface area contributed by atoms with E-state index in [1.165, 1.54) is 5.56 Å². The third-order valence-corrected chi connectivity index (χ3v) is 2.58. The normalized spacial score (nSPS) is 12.6. The van der Waals surface area contributed by atoms with Gasteiger partial charge in [-0.2, -0.15) is 0 Å². The van der Waals surface area contributed by atoms with E-state index in [2.05, 4.69) is 34.6 Å². The van der Waals surface area contributed by atoms with Gasteiger partial charge in [-0.05, 0) is 29.5 Å². The average Bonchev–Trinajstić information content (AvgIpc) is 2.78. The van der Waals surface area contributed by atoms with Crippen LogP contribution in [-0.2, 0) is 6.42 Å². The maximum Gasteiger partial charge on any atom is 0.153 e. The van der Waals surface area contributed by atoms with E-state index < -0.39 is 0 Å². The molecule has 0 spiro atoms. The van der Waals surface area contributed by atoms with Gasteiger partial charge in [-0.1, -0.05) is 30.3 Å². The number of hydrogen-bond donors (Lipinski definition) is 1. The van der Waals surface area contributed by atoms with Crippen LogP contribution < -0.4 is 5.73 Å². The molecule has 0 bridgehead atoms. The Morgan fingerprint density at radius 3 is 2.75 bits per heavy atom. The highest BCUT2D eigenvalue weighted by atomic mass is 15.5. The van der Waals surface area contributed by atoms with Crippen LogP contribution in [0, 0.1) is 0 Å². The smallest absolute Gasteiger partial charge is 0.153 e. The maximum atomic E-state index is 5.52. The minimum Gasteiger partial charge on any atom is -0.330 e. The molecule has 1 heterocycles. The van der Waals surface area contributed by atoms with Gasteiger partial charge in [0.15, 0.2) is 5.82 Å². The molecule has 5 nitrogen and oxygen atoms in total. The predicted octanol–water partition coefficient (Wildman–Crippen LogP) is 0.784. The second kappa shape index (κ2) is 4.85. The van der Waals surface area contributed by atoms with Crippen molar-refractivity contribution in [2.24, 2.45) is 5.73 Å². The minimum absolute atomic E-state index is 0.137. The lowest BCUT2D eigenvalue weighted by atomic mass is 10.1. The molecule has 1 aromatic heterocycles. The summed E-state index contributed by atoms with van der Waals surface area (Å²) >= 11 is 0. The van der Waals surface area contributed by atoms with Crippen LogP contribution in [0.15, 0.2) is 30.3 Å².